The Morgan fingerprint density at radius 2 is 1.79 bits per heavy atom. The predicted molar refractivity (Wildman–Crippen MR) is 91.9 cm³/mol. The van der Waals surface area contributed by atoms with E-state index in [1.807, 2.05) is 13.8 Å². The number of rotatable bonds is 3. The van der Waals surface area contributed by atoms with Crippen LogP contribution in [-0.4, -0.2) is 21.7 Å². The van der Waals surface area contributed by atoms with Gasteiger partial charge >= 0.3 is 0 Å². The number of carbonyl (C=O) groups excluding carboxylic acids is 1. The van der Waals surface area contributed by atoms with E-state index in [0.29, 0.717) is 11.3 Å². The lowest BCUT2D eigenvalue weighted by Gasteiger charge is -2.26. The van der Waals surface area contributed by atoms with Crippen LogP contribution in [0, 0.1) is 25.6 Å². The summed E-state index contributed by atoms with van der Waals surface area (Å²) in [6.07, 6.45) is 4.41. The molecule has 0 atom stereocenters. The van der Waals surface area contributed by atoms with E-state index in [-0.39, 0.29) is 17.8 Å². The van der Waals surface area contributed by atoms with Crippen molar-refractivity contribution in [2.45, 2.75) is 52.5 Å². The minimum absolute atomic E-state index is 0.0575. The Bertz CT molecular complexity index is 728. The SMILES string of the molecule is Cc1nn(-c2ccc(F)cc2)c(C)c1C(=O)NC1CCC(C)CC1. The largest absolute Gasteiger partial charge is 0.349 e. The molecule has 1 fully saturated rings. The van der Waals surface area contributed by atoms with E-state index in [0.717, 1.165) is 43.0 Å². The number of nitrogens with zero attached hydrogens (tertiary/aromatic N) is 2. The molecule has 3 rings (SSSR count). The molecule has 1 aromatic carbocycles. The average molecular weight is 329 g/mol. The number of halogens is 1. The smallest absolute Gasteiger partial charge is 0.255 e. The molecule has 1 aliphatic carbocycles. The predicted octanol–water partition coefficient (Wildman–Crippen LogP) is 3.94. The van der Waals surface area contributed by atoms with Gasteiger partial charge in [-0.15, -0.1) is 0 Å². The Hall–Kier alpha value is -2.17. The molecule has 0 spiro atoms. The first-order valence-electron chi connectivity index (χ1n) is 8.58. The maximum absolute atomic E-state index is 13.1. The number of benzene rings is 1. The van der Waals surface area contributed by atoms with Crippen LogP contribution in [0.3, 0.4) is 0 Å². The first-order valence-corrected chi connectivity index (χ1v) is 8.58. The molecule has 0 radical (unpaired) electrons. The lowest BCUT2D eigenvalue weighted by Crippen LogP contribution is -2.37. The molecular formula is C19H24FN3O. The average Bonchev–Trinajstić information content (AvgIpc) is 2.85. The maximum Gasteiger partial charge on any atom is 0.255 e. The molecule has 1 saturated carbocycles. The third-order valence-electron chi connectivity index (χ3n) is 4.94. The summed E-state index contributed by atoms with van der Waals surface area (Å²) >= 11 is 0. The van der Waals surface area contributed by atoms with Crippen molar-refractivity contribution in [3.05, 3.63) is 47.0 Å². The number of hydrogen-bond donors (Lipinski definition) is 1. The van der Waals surface area contributed by atoms with Crippen molar-refractivity contribution >= 4 is 5.91 Å². The summed E-state index contributed by atoms with van der Waals surface area (Å²) in [6.45, 7) is 5.98. The van der Waals surface area contributed by atoms with Gasteiger partial charge in [-0.3, -0.25) is 4.79 Å². The molecule has 2 aromatic rings. The second kappa shape index (κ2) is 6.75. The minimum Gasteiger partial charge on any atom is -0.349 e. The van der Waals surface area contributed by atoms with Crippen LogP contribution in [0.25, 0.3) is 5.69 Å². The Morgan fingerprint density at radius 1 is 1.17 bits per heavy atom. The fourth-order valence-electron chi connectivity index (χ4n) is 3.47. The number of amides is 1. The fourth-order valence-corrected chi connectivity index (χ4v) is 3.47. The van der Waals surface area contributed by atoms with Gasteiger partial charge in [-0.05, 0) is 69.7 Å². The topological polar surface area (TPSA) is 46.9 Å². The van der Waals surface area contributed by atoms with Crippen LogP contribution in [0.1, 0.15) is 54.4 Å². The monoisotopic (exact) mass is 329 g/mol. The van der Waals surface area contributed by atoms with Gasteiger partial charge in [-0.1, -0.05) is 6.92 Å². The molecule has 0 aliphatic heterocycles. The first-order chi connectivity index (χ1) is 11.5. The van der Waals surface area contributed by atoms with E-state index in [1.165, 1.54) is 12.1 Å². The fraction of sp³-hybridized carbons (Fsp3) is 0.474. The Morgan fingerprint density at radius 3 is 2.42 bits per heavy atom. The van der Waals surface area contributed by atoms with Crippen LogP contribution >= 0.6 is 0 Å². The minimum atomic E-state index is -0.287. The van der Waals surface area contributed by atoms with Gasteiger partial charge in [0.25, 0.3) is 5.91 Å². The van der Waals surface area contributed by atoms with Crippen molar-refractivity contribution in [3.8, 4) is 5.69 Å². The number of aromatic nitrogens is 2. The van der Waals surface area contributed by atoms with E-state index >= 15 is 0 Å². The zero-order chi connectivity index (χ0) is 17.3. The highest BCUT2D eigenvalue weighted by molar-refractivity contribution is 5.96. The quantitative estimate of drug-likeness (QED) is 0.927. The van der Waals surface area contributed by atoms with Crippen LogP contribution in [-0.2, 0) is 0 Å². The molecule has 0 bridgehead atoms. The molecule has 4 nitrogen and oxygen atoms in total. The van der Waals surface area contributed by atoms with Gasteiger partial charge in [-0.25, -0.2) is 9.07 Å². The Labute approximate surface area is 142 Å². The number of carbonyl (C=O) groups is 1. The van der Waals surface area contributed by atoms with Gasteiger partial charge in [-0.2, -0.15) is 5.10 Å². The van der Waals surface area contributed by atoms with Gasteiger partial charge in [0.1, 0.15) is 5.82 Å². The molecule has 1 heterocycles. The summed E-state index contributed by atoms with van der Waals surface area (Å²) in [6, 6.07) is 6.38. The Balaban J connectivity index is 1.81. The van der Waals surface area contributed by atoms with Gasteiger partial charge in [0.05, 0.1) is 22.6 Å². The van der Waals surface area contributed by atoms with Crippen molar-refractivity contribution < 1.29 is 9.18 Å². The van der Waals surface area contributed by atoms with E-state index in [2.05, 4.69) is 17.3 Å². The summed E-state index contributed by atoms with van der Waals surface area (Å²) in [5.41, 5.74) is 2.85. The van der Waals surface area contributed by atoms with Gasteiger partial charge < -0.3 is 5.32 Å². The molecule has 5 heteroatoms. The van der Waals surface area contributed by atoms with Gasteiger partial charge in [0, 0.05) is 6.04 Å². The van der Waals surface area contributed by atoms with Crippen molar-refractivity contribution in [1.82, 2.24) is 15.1 Å². The van der Waals surface area contributed by atoms with Crippen LogP contribution in [0.5, 0.6) is 0 Å². The third kappa shape index (κ3) is 3.35. The molecular weight excluding hydrogens is 305 g/mol. The molecule has 1 aliphatic rings. The van der Waals surface area contributed by atoms with Gasteiger partial charge in [0.15, 0.2) is 0 Å². The lowest BCUT2D eigenvalue weighted by atomic mass is 9.87. The van der Waals surface area contributed by atoms with Crippen LogP contribution in [0.15, 0.2) is 24.3 Å². The standard InChI is InChI=1S/C19H24FN3O/c1-12-4-8-16(9-5-12)21-19(24)18-13(2)22-23(14(18)3)17-10-6-15(20)7-11-17/h6-7,10-12,16H,4-5,8-9H2,1-3H3,(H,21,24). The normalized spacial score (nSPS) is 20.8. The molecule has 0 saturated heterocycles. The van der Waals surface area contributed by atoms with Crippen molar-refractivity contribution in [3.63, 3.8) is 0 Å². The van der Waals surface area contributed by atoms with Crippen LogP contribution in [0.2, 0.25) is 0 Å². The molecule has 1 amide bonds. The summed E-state index contributed by atoms with van der Waals surface area (Å²) in [4.78, 5) is 12.7. The number of aryl methyl sites for hydroxylation is 1. The van der Waals surface area contributed by atoms with E-state index in [1.54, 1.807) is 16.8 Å². The van der Waals surface area contributed by atoms with E-state index in [4.69, 9.17) is 0 Å². The highest BCUT2D eigenvalue weighted by Gasteiger charge is 2.24. The Kier molecular flexibility index (Phi) is 4.69. The number of nitrogens with one attached hydrogen (secondary N) is 1. The third-order valence-corrected chi connectivity index (χ3v) is 4.94. The summed E-state index contributed by atoms with van der Waals surface area (Å²) < 4.78 is 14.8. The summed E-state index contributed by atoms with van der Waals surface area (Å²) in [7, 11) is 0. The zero-order valence-electron chi connectivity index (χ0n) is 14.5. The highest BCUT2D eigenvalue weighted by Crippen LogP contribution is 2.24. The lowest BCUT2D eigenvalue weighted by molar-refractivity contribution is 0.0921. The van der Waals surface area contributed by atoms with Crippen LogP contribution in [0.4, 0.5) is 4.39 Å². The molecule has 1 N–H and O–H groups in total. The zero-order valence-corrected chi connectivity index (χ0v) is 14.5. The highest BCUT2D eigenvalue weighted by atomic mass is 19.1. The van der Waals surface area contributed by atoms with E-state index < -0.39 is 0 Å². The van der Waals surface area contributed by atoms with Crippen molar-refractivity contribution in [2.75, 3.05) is 0 Å². The molecule has 1 aromatic heterocycles. The first kappa shape index (κ1) is 16.7. The van der Waals surface area contributed by atoms with Gasteiger partial charge in [0.2, 0.25) is 0 Å². The maximum atomic E-state index is 13.1. The van der Waals surface area contributed by atoms with Crippen LogP contribution < -0.4 is 5.32 Å². The molecule has 128 valence electrons. The van der Waals surface area contributed by atoms with E-state index in [9.17, 15) is 9.18 Å². The summed E-state index contributed by atoms with van der Waals surface area (Å²) in [5.74, 6) is 0.408. The second-order valence-electron chi connectivity index (χ2n) is 6.86. The summed E-state index contributed by atoms with van der Waals surface area (Å²) in [5, 5.41) is 7.63. The molecule has 0 unspecified atom stereocenters. The van der Waals surface area contributed by atoms with Crippen molar-refractivity contribution in [2.24, 2.45) is 5.92 Å². The molecule has 24 heavy (non-hydrogen) atoms. The van der Waals surface area contributed by atoms with Crippen molar-refractivity contribution in [1.29, 1.82) is 0 Å². The number of hydrogen-bond acceptors (Lipinski definition) is 2. The second-order valence-corrected chi connectivity index (χ2v) is 6.86.